The molecule has 12 aromatic carbocycles. The summed E-state index contributed by atoms with van der Waals surface area (Å²) < 4.78 is 11.6. The average molecular weight is 2180 g/mol. The predicted molar refractivity (Wildman–Crippen MR) is 507 cm³/mol. The zero-order valence-corrected chi connectivity index (χ0v) is 78.7. The van der Waals surface area contributed by atoms with Crippen molar-refractivity contribution in [2.24, 2.45) is 0 Å². The Morgan fingerprint density at radius 1 is 0.325 bits per heavy atom. The van der Waals surface area contributed by atoms with Gasteiger partial charge in [0.05, 0.1) is 5.52 Å². The zero-order chi connectivity index (χ0) is 83.8. The van der Waals surface area contributed by atoms with Gasteiger partial charge in [-0.15, -0.1) is 220 Å². The van der Waals surface area contributed by atoms with Gasteiger partial charge in [0, 0.05) is 168 Å². The second-order valence-corrected chi connectivity index (χ2v) is 33.6. The third-order valence-corrected chi connectivity index (χ3v) is 25.2. The van der Waals surface area contributed by atoms with Gasteiger partial charge < -0.3 is 38.9 Å². The molecule has 3 aliphatic rings. The molecular formula is C114H85Ir3N7OS-6. The van der Waals surface area contributed by atoms with Crippen molar-refractivity contribution in [3.05, 3.63) is 434 Å². The van der Waals surface area contributed by atoms with Crippen molar-refractivity contribution in [3.63, 3.8) is 0 Å². The van der Waals surface area contributed by atoms with Crippen LogP contribution in [-0.2, 0) is 83.1 Å². The van der Waals surface area contributed by atoms with E-state index in [-0.39, 0.29) is 76.6 Å². The molecule has 21 aromatic rings. The van der Waals surface area contributed by atoms with Crippen LogP contribution in [0, 0.1) is 43.3 Å². The summed E-state index contributed by atoms with van der Waals surface area (Å²) in [6.07, 6.45) is 11.3. The molecule has 8 nitrogen and oxygen atoms in total. The Labute approximate surface area is 780 Å². The molecule has 0 aliphatic heterocycles. The molecule has 3 radical (unpaired) electrons. The van der Waals surface area contributed by atoms with Crippen molar-refractivity contribution in [2.45, 2.75) is 78.2 Å². The van der Waals surface area contributed by atoms with Crippen LogP contribution >= 0.6 is 11.3 Å². The van der Waals surface area contributed by atoms with Gasteiger partial charge in [-0.2, -0.15) is 0 Å². The van der Waals surface area contributed by atoms with Gasteiger partial charge in [0.15, 0.2) is 0 Å². The fraction of sp³-hybridized carbons (Fsp3) is 0.105. The summed E-state index contributed by atoms with van der Waals surface area (Å²) in [6.45, 7) is 19.2. The SMILES string of the molecule is CC1(C)c2cnc(-c3[c-]cccc3)cc2-c2ccc3c(oc4ccccc43)c21.CCn1c2ccccc2c2ccc3c(c21)C(C)(C)c1c[c-]c(-c2ccccn2)cc1-3.Cc1cc[c-]c(-c2cc3c(cn2)C(C)(C)c2c-3ccc3c2sc2ccccc23)c1.[Ir].[Ir].[Ir].[c-]1ccccc1-c1ccccn1.[c-]1ccccc1-c1ccccn1.[c-]1ccccc1-c1ccccn1. The van der Waals surface area contributed by atoms with Crippen LogP contribution in [0.4, 0.5) is 0 Å². The van der Waals surface area contributed by atoms with Gasteiger partial charge >= 0.3 is 0 Å². The van der Waals surface area contributed by atoms with Crippen LogP contribution in [0.1, 0.15) is 87.4 Å². The Hall–Kier alpha value is -12.7. The van der Waals surface area contributed by atoms with E-state index in [0.717, 1.165) is 85.3 Å². The maximum absolute atomic E-state index is 6.35. The first-order valence-electron chi connectivity index (χ1n) is 41.7. The Morgan fingerprint density at radius 2 is 0.746 bits per heavy atom. The van der Waals surface area contributed by atoms with Crippen LogP contribution in [0.3, 0.4) is 0 Å². The fourth-order valence-electron chi connectivity index (χ4n) is 18.1. The van der Waals surface area contributed by atoms with E-state index in [2.05, 4.69) is 268 Å². The first kappa shape index (κ1) is 86.8. The number of hydrogen-bond acceptors (Lipinski definition) is 8. The Bertz CT molecular complexity index is 7140. The number of pyridine rings is 6. The molecule has 0 bridgehead atoms. The van der Waals surface area contributed by atoms with Gasteiger partial charge in [-0.3, -0.25) is 0 Å². The van der Waals surface area contributed by atoms with Gasteiger partial charge in [-0.25, -0.2) is 0 Å². The second kappa shape index (κ2) is 37.2. The quantitative estimate of drug-likeness (QED) is 0.147. The third-order valence-electron chi connectivity index (χ3n) is 24.0. The van der Waals surface area contributed by atoms with Crippen LogP contribution in [0.2, 0.25) is 0 Å². The minimum absolute atomic E-state index is 0. The first-order valence-corrected chi connectivity index (χ1v) is 42.5. The molecule has 0 fully saturated rings. The van der Waals surface area contributed by atoms with Crippen LogP contribution in [0.25, 0.3) is 165 Å². The van der Waals surface area contributed by atoms with Gasteiger partial charge in [-0.05, 0) is 145 Å². The molecule has 0 spiro atoms. The number of fused-ring (bicyclic) bond motifs is 21. The monoisotopic (exact) mass is 2180 g/mol. The number of aryl methyl sites for hydroxylation is 2. The van der Waals surface area contributed by atoms with E-state index >= 15 is 0 Å². The van der Waals surface area contributed by atoms with E-state index < -0.39 is 0 Å². The number of hydrogen-bond donors (Lipinski definition) is 0. The first-order chi connectivity index (χ1) is 60.2. The Balaban J connectivity index is 0.000000116. The summed E-state index contributed by atoms with van der Waals surface area (Å²) in [6, 6.07) is 129. The van der Waals surface area contributed by atoms with Crippen molar-refractivity contribution in [1.29, 1.82) is 0 Å². The molecule has 24 rings (SSSR count). The third kappa shape index (κ3) is 16.5. The zero-order valence-electron chi connectivity index (χ0n) is 70.7. The topological polar surface area (TPSA) is 95.4 Å². The van der Waals surface area contributed by atoms with E-state index in [9.17, 15) is 0 Å². The summed E-state index contributed by atoms with van der Waals surface area (Å²) in [4.78, 5) is 26.8. The molecule has 0 unspecified atom stereocenters. The van der Waals surface area contributed by atoms with Crippen molar-refractivity contribution in [3.8, 4) is 101 Å². The molecule has 0 N–H and O–H groups in total. The fourth-order valence-corrected chi connectivity index (χ4v) is 19.5. The molecular weight excluding hydrogens is 2090 g/mol. The van der Waals surface area contributed by atoms with Gasteiger partial charge in [0.25, 0.3) is 0 Å². The number of furan rings is 1. The van der Waals surface area contributed by atoms with E-state index in [1.807, 2.05) is 200 Å². The molecule has 3 aliphatic carbocycles. The van der Waals surface area contributed by atoms with Crippen molar-refractivity contribution in [2.75, 3.05) is 0 Å². The molecule has 126 heavy (non-hydrogen) atoms. The number of nitrogens with zero attached hydrogens (tertiary/aromatic N) is 7. The normalized spacial score (nSPS) is 12.6. The molecule has 0 atom stereocenters. The molecule has 0 saturated heterocycles. The second-order valence-electron chi connectivity index (χ2n) is 32.6. The minimum atomic E-state index is -0.163. The standard InChI is InChI=1S/C28H23N2.C27H20NS.C26H18NO.3C11H8N.3Ir/c1-4-30-25-11-6-5-9-19(25)21-14-13-20-22-17-18(24-10-7-8-16-29-24)12-15-23(22)28(2,3)26(20)27(21)30;1-16-7-6-8-17(13-16)23-14-21-19-11-12-20-18-9-4-5-10-24(18)29-26(20)25(19)27(2,3)22(21)15-28-23;1-26(2)21-15-27-22(16-8-4-3-5-9-16)14-20(21)18-12-13-19-17-10-6-7-11-23(17)28-25(19)24(18)26;3*1-2-6-10(7-3-1)11-8-4-5-9-12-11;;;/h5-11,13-17H,4H2,1-3H3;4-7,9-15H,1-3H3;3-8,10-15H,1-2H3;3*1-6,8-9H;;;/q6*-1;;;. The number of thiophene rings is 1. The van der Waals surface area contributed by atoms with Gasteiger partial charge in [0.2, 0.25) is 0 Å². The smallest absolute Gasteiger partial charge is 0.140 e. The average Bonchev–Trinajstić information content (AvgIpc) is 1.55. The molecule has 12 heteroatoms. The van der Waals surface area contributed by atoms with E-state index in [1.165, 1.54) is 125 Å². The van der Waals surface area contributed by atoms with Crippen LogP contribution in [0.15, 0.2) is 363 Å². The predicted octanol–water partition coefficient (Wildman–Crippen LogP) is 28.9. The number of aromatic nitrogens is 7. The van der Waals surface area contributed by atoms with E-state index in [4.69, 9.17) is 14.4 Å². The van der Waals surface area contributed by atoms with E-state index in [1.54, 1.807) is 18.6 Å². The molecule has 9 aromatic heterocycles. The number of rotatable bonds is 7. The maximum atomic E-state index is 6.35. The van der Waals surface area contributed by atoms with Gasteiger partial charge in [0.1, 0.15) is 11.2 Å². The minimum Gasteiger partial charge on any atom is -0.456 e. The largest absolute Gasteiger partial charge is 0.456 e. The molecule has 621 valence electrons. The number of benzene rings is 12. The summed E-state index contributed by atoms with van der Waals surface area (Å²) >= 11 is 1.92. The van der Waals surface area contributed by atoms with E-state index in [0.29, 0.717) is 0 Å². The maximum Gasteiger partial charge on any atom is 0.140 e. The Morgan fingerprint density at radius 3 is 1.27 bits per heavy atom. The Kier molecular flexibility index (Phi) is 25.7. The van der Waals surface area contributed by atoms with Crippen LogP contribution in [-0.4, -0.2) is 34.5 Å². The molecule has 9 heterocycles. The molecule has 0 saturated carbocycles. The van der Waals surface area contributed by atoms with Crippen LogP contribution < -0.4 is 0 Å². The van der Waals surface area contributed by atoms with Crippen molar-refractivity contribution < 1.29 is 64.7 Å². The summed E-state index contributed by atoms with van der Waals surface area (Å²) in [5.74, 6) is 0. The number of para-hydroxylation sites is 2. The van der Waals surface area contributed by atoms with Crippen molar-refractivity contribution in [1.82, 2.24) is 34.5 Å². The van der Waals surface area contributed by atoms with Crippen molar-refractivity contribution >= 4 is 75.3 Å². The van der Waals surface area contributed by atoms with Gasteiger partial charge in [-0.1, -0.05) is 200 Å². The van der Waals surface area contributed by atoms with Crippen LogP contribution in [0.5, 0.6) is 0 Å². The summed E-state index contributed by atoms with van der Waals surface area (Å²) in [5.41, 5.74) is 33.4. The summed E-state index contributed by atoms with van der Waals surface area (Å²) in [7, 11) is 0. The summed E-state index contributed by atoms with van der Waals surface area (Å²) in [5, 5.41) is 7.76. The molecule has 0 amide bonds.